The highest BCUT2D eigenvalue weighted by Crippen LogP contribution is 2.33. The second kappa shape index (κ2) is 4.27. The first-order valence-electron chi connectivity index (χ1n) is 6.68. The van der Waals surface area contributed by atoms with Crippen molar-refractivity contribution in [3.63, 3.8) is 0 Å². The molecular formula is C16H14N2O2. The second-order valence-corrected chi connectivity index (χ2v) is 4.88. The molecule has 4 nitrogen and oxygen atoms in total. The highest BCUT2D eigenvalue weighted by Gasteiger charge is 2.19. The van der Waals surface area contributed by atoms with E-state index >= 15 is 0 Å². The molecule has 3 heterocycles. The minimum absolute atomic E-state index is 0.746. The molecule has 0 saturated carbocycles. The van der Waals surface area contributed by atoms with E-state index in [0.717, 1.165) is 41.8 Å². The van der Waals surface area contributed by atoms with E-state index in [1.54, 1.807) is 6.20 Å². The lowest BCUT2D eigenvalue weighted by Gasteiger charge is -2.10. The Labute approximate surface area is 116 Å². The Bertz CT molecular complexity index is 770. The molecule has 4 heteroatoms. The Balaban J connectivity index is 1.89. The molecule has 4 rings (SSSR count). The van der Waals surface area contributed by atoms with Crippen LogP contribution in [-0.4, -0.2) is 16.2 Å². The number of ether oxygens (including phenoxy) is 1. The molecule has 0 radical (unpaired) electrons. The summed E-state index contributed by atoms with van der Waals surface area (Å²) in [7, 11) is 0. The van der Waals surface area contributed by atoms with E-state index in [0.29, 0.717) is 0 Å². The minimum atomic E-state index is 0.746. The molecule has 20 heavy (non-hydrogen) atoms. The predicted molar refractivity (Wildman–Crippen MR) is 75.2 cm³/mol. The summed E-state index contributed by atoms with van der Waals surface area (Å²) in [6, 6.07) is 10.0. The fourth-order valence-corrected chi connectivity index (χ4v) is 2.66. The predicted octanol–water partition coefficient (Wildman–Crippen LogP) is 3.38. The number of nitrogens with zero attached hydrogens (tertiary/aromatic N) is 2. The summed E-state index contributed by atoms with van der Waals surface area (Å²) in [5.41, 5.74) is 2.34. The third-order valence-corrected chi connectivity index (χ3v) is 3.58. The zero-order valence-corrected chi connectivity index (χ0v) is 11.2. The molecule has 0 atom stereocenters. The second-order valence-electron chi connectivity index (χ2n) is 4.88. The van der Waals surface area contributed by atoms with Crippen LogP contribution in [0.1, 0.15) is 11.3 Å². The van der Waals surface area contributed by atoms with Crippen molar-refractivity contribution in [2.75, 3.05) is 6.61 Å². The normalized spacial score (nSPS) is 13.2. The standard InChI is InChI=1S/C16H14N2O2/c1-11-5-6-15(20-11)16-17-8-9-18(16)13-3-2-4-14-12(13)7-10-19-14/h2-6,8-9H,7,10H2,1H3. The number of benzene rings is 1. The zero-order valence-electron chi connectivity index (χ0n) is 11.2. The summed E-state index contributed by atoms with van der Waals surface area (Å²) in [5.74, 6) is 3.45. The molecule has 0 saturated heterocycles. The number of hydrogen-bond donors (Lipinski definition) is 0. The highest BCUT2D eigenvalue weighted by atomic mass is 16.5. The lowest BCUT2D eigenvalue weighted by atomic mass is 10.1. The van der Waals surface area contributed by atoms with Gasteiger partial charge in [0.1, 0.15) is 11.5 Å². The van der Waals surface area contributed by atoms with Gasteiger partial charge in [-0.2, -0.15) is 0 Å². The first kappa shape index (κ1) is 11.3. The Morgan fingerprint density at radius 1 is 1.20 bits per heavy atom. The molecule has 100 valence electrons. The topological polar surface area (TPSA) is 40.2 Å². The molecule has 0 aliphatic carbocycles. The average Bonchev–Trinajstić information content (AvgIpc) is 3.17. The van der Waals surface area contributed by atoms with E-state index in [-0.39, 0.29) is 0 Å². The summed E-state index contributed by atoms with van der Waals surface area (Å²) in [6.07, 6.45) is 4.68. The van der Waals surface area contributed by atoms with Crippen LogP contribution in [0.5, 0.6) is 5.75 Å². The monoisotopic (exact) mass is 266 g/mol. The van der Waals surface area contributed by atoms with E-state index in [1.165, 1.54) is 5.56 Å². The van der Waals surface area contributed by atoms with Gasteiger partial charge in [-0.1, -0.05) is 6.07 Å². The van der Waals surface area contributed by atoms with Crippen molar-refractivity contribution in [2.45, 2.75) is 13.3 Å². The quantitative estimate of drug-likeness (QED) is 0.714. The fraction of sp³-hybridized carbons (Fsp3) is 0.188. The maximum atomic E-state index is 5.69. The molecule has 0 amide bonds. The van der Waals surface area contributed by atoms with Crippen LogP contribution in [-0.2, 0) is 6.42 Å². The van der Waals surface area contributed by atoms with Gasteiger partial charge in [-0.25, -0.2) is 4.98 Å². The first-order valence-corrected chi connectivity index (χ1v) is 6.68. The smallest absolute Gasteiger partial charge is 0.180 e. The lowest BCUT2D eigenvalue weighted by Crippen LogP contribution is -1.99. The van der Waals surface area contributed by atoms with Crippen molar-refractivity contribution in [1.82, 2.24) is 9.55 Å². The van der Waals surface area contributed by atoms with Gasteiger partial charge in [0.15, 0.2) is 11.6 Å². The first-order chi connectivity index (χ1) is 9.83. The number of aromatic nitrogens is 2. The maximum Gasteiger partial charge on any atom is 0.180 e. The van der Waals surface area contributed by atoms with E-state index < -0.39 is 0 Å². The van der Waals surface area contributed by atoms with Gasteiger partial charge in [0, 0.05) is 24.4 Å². The summed E-state index contributed by atoms with van der Waals surface area (Å²) < 4.78 is 13.4. The van der Waals surface area contributed by atoms with Gasteiger partial charge in [0.25, 0.3) is 0 Å². The van der Waals surface area contributed by atoms with Crippen molar-refractivity contribution in [3.05, 3.63) is 54.0 Å². The molecule has 0 bridgehead atoms. The number of hydrogen-bond acceptors (Lipinski definition) is 3. The molecule has 0 fully saturated rings. The Hall–Kier alpha value is -2.49. The SMILES string of the molecule is Cc1ccc(-c2nccn2-c2cccc3c2CCO3)o1. The molecule has 3 aromatic rings. The fourth-order valence-electron chi connectivity index (χ4n) is 2.66. The van der Waals surface area contributed by atoms with E-state index in [9.17, 15) is 0 Å². The van der Waals surface area contributed by atoms with Crippen LogP contribution in [0, 0.1) is 6.92 Å². The van der Waals surface area contributed by atoms with Crippen molar-refractivity contribution >= 4 is 0 Å². The highest BCUT2D eigenvalue weighted by molar-refractivity contribution is 5.58. The molecule has 1 aliphatic heterocycles. The lowest BCUT2D eigenvalue weighted by molar-refractivity contribution is 0.357. The molecule has 0 spiro atoms. The summed E-state index contributed by atoms with van der Waals surface area (Å²) in [4.78, 5) is 4.43. The summed E-state index contributed by atoms with van der Waals surface area (Å²) >= 11 is 0. The van der Waals surface area contributed by atoms with Gasteiger partial charge in [-0.15, -0.1) is 0 Å². The van der Waals surface area contributed by atoms with Crippen LogP contribution in [0.15, 0.2) is 47.1 Å². The number of rotatable bonds is 2. The molecule has 0 unspecified atom stereocenters. The maximum absolute atomic E-state index is 5.69. The third kappa shape index (κ3) is 1.65. The number of fused-ring (bicyclic) bond motifs is 1. The minimum Gasteiger partial charge on any atom is -0.493 e. The number of furan rings is 1. The van der Waals surface area contributed by atoms with Gasteiger partial charge in [0.05, 0.1) is 12.3 Å². The Morgan fingerprint density at radius 2 is 2.15 bits per heavy atom. The zero-order chi connectivity index (χ0) is 13.5. The largest absolute Gasteiger partial charge is 0.493 e. The number of aryl methyl sites for hydroxylation is 1. The van der Waals surface area contributed by atoms with Crippen LogP contribution < -0.4 is 4.74 Å². The van der Waals surface area contributed by atoms with Crippen LogP contribution >= 0.6 is 0 Å². The van der Waals surface area contributed by atoms with Gasteiger partial charge in [-0.3, -0.25) is 4.57 Å². The summed E-state index contributed by atoms with van der Waals surface area (Å²) in [5, 5.41) is 0. The molecule has 1 aliphatic rings. The van der Waals surface area contributed by atoms with E-state index in [2.05, 4.69) is 15.6 Å². The molecular weight excluding hydrogens is 252 g/mol. The van der Waals surface area contributed by atoms with Gasteiger partial charge in [-0.05, 0) is 31.2 Å². The third-order valence-electron chi connectivity index (χ3n) is 3.58. The van der Waals surface area contributed by atoms with Crippen molar-refractivity contribution < 1.29 is 9.15 Å². The van der Waals surface area contributed by atoms with Crippen LogP contribution in [0.2, 0.25) is 0 Å². The van der Waals surface area contributed by atoms with Gasteiger partial charge in [0.2, 0.25) is 0 Å². The molecule has 0 N–H and O–H groups in total. The van der Waals surface area contributed by atoms with Crippen molar-refractivity contribution in [3.8, 4) is 23.0 Å². The van der Waals surface area contributed by atoms with Crippen LogP contribution in [0.25, 0.3) is 17.3 Å². The molecule has 1 aromatic carbocycles. The van der Waals surface area contributed by atoms with Gasteiger partial charge >= 0.3 is 0 Å². The van der Waals surface area contributed by atoms with Crippen molar-refractivity contribution in [1.29, 1.82) is 0 Å². The Morgan fingerprint density at radius 3 is 3.00 bits per heavy atom. The Kier molecular flexibility index (Phi) is 2.42. The van der Waals surface area contributed by atoms with Crippen molar-refractivity contribution in [2.24, 2.45) is 0 Å². The van der Waals surface area contributed by atoms with Gasteiger partial charge < -0.3 is 9.15 Å². The molecule has 2 aromatic heterocycles. The number of imidazole rings is 1. The van der Waals surface area contributed by atoms with E-state index in [4.69, 9.17) is 9.15 Å². The summed E-state index contributed by atoms with van der Waals surface area (Å²) in [6.45, 7) is 2.68. The van der Waals surface area contributed by atoms with Crippen LogP contribution in [0.3, 0.4) is 0 Å². The average molecular weight is 266 g/mol. The van der Waals surface area contributed by atoms with Crippen LogP contribution in [0.4, 0.5) is 0 Å². The van der Waals surface area contributed by atoms with E-state index in [1.807, 2.05) is 37.4 Å².